The Morgan fingerprint density at radius 1 is 0.589 bits per heavy atom. The van der Waals surface area contributed by atoms with Crippen molar-refractivity contribution in [1.29, 1.82) is 0 Å². The van der Waals surface area contributed by atoms with Gasteiger partial charge in [-0.05, 0) is 86.4 Å². The molecule has 4 aromatic rings. The smallest absolute Gasteiger partial charge is 0.328 e. The van der Waals surface area contributed by atoms with Gasteiger partial charge < -0.3 is 117 Å². The highest BCUT2D eigenvalue weighted by atomic mass is 16.4. The highest BCUT2D eigenvalue weighted by molar-refractivity contribution is 6.00. The molecule has 5 rings (SSSR count). The molecule has 37 heteroatoms. The first-order valence-electron chi connectivity index (χ1n) is 35.7. The Labute approximate surface area is 619 Å². The minimum atomic E-state index is -1.82. The van der Waals surface area contributed by atoms with E-state index >= 15 is 4.79 Å². The predicted molar refractivity (Wildman–Crippen MR) is 390 cm³/mol. The number of aliphatic carboxylic acids is 1. The van der Waals surface area contributed by atoms with Crippen LogP contribution in [-0.2, 0) is 81.6 Å². The molecular formula is C70H106N20O17. The topological polar surface area (TPSA) is 599 Å². The number of carbonyl (C=O) groups excluding carboxylic acids is 12. The molecule has 1 aliphatic rings. The number of rotatable bonds is 45. The van der Waals surface area contributed by atoms with Gasteiger partial charge >= 0.3 is 5.97 Å². The number of aliphatic imine (C=N–C) groups is 1. The monoisotopic (exact) mass is 1500 g/mol. The maximum atomic E-state index is 15.0. The lowest BCUT2D eigenvalue weighted by molar-refractivity contribution is -0.143. The molecule has 13 atom stereocenters. The fraction of sp³-hybridized carbons (Fsp3) is 0.557. The number of hydrogen-bond acceptors (Lipinski definition) is 20. The van der Waals surface area contributed by atoms with E-state index in [1.54, 1.807) is 88.5 Å². The van der Waals surface area contributed by atoms with Crippen molar-refractivity contribution >= 4 is 93.7 Å². The van der Waals surface area contributed by atoms with Gasteiger partial charge in [0.25, 0.3) is 0 Å². The van der Waals surface area contributed by atoms with Crippen LogP contribution in [-0.4, -0.2) is 242 Å². The van der Waals surface area contributed by atoms with Crippen LogP contribution in [0.2, 0.25) is 0 Å². The van der Waals surface area contributed by atoms with Crippen LogP contribution in [0.5, 0.6) is 0 Å². The van der Waals surface area contributed by atoms with E-state index in [2.05, 4.69) is 73.1 Å². The Morgan fingerprint density at radius 3 is 1.71 bits per heavy atom. The van der Waals surface area contributed by atoms with Gasteiger partial charge in [-0.3, -0.25) is 62.5 Å². The van der Waals surface area contributed by atoms with Gasteiger partial charge in [0.05, 0.1) is 38.7 Å². The minimum Gasteiger partial charge on any atom is -0.480 e. The number of guanidine groups is 1. The van der Waals surface area contributed by atoms with Gasteiger partial charge in [-0.15, -0.1) is 0 Å². The predicted octanol–water partition coefficient (Wildman–Crippen LogP) is -5.20. The van der Waals surface area contributed by atoms with Gasteiger partial charge in [-0.25, -0.2) is 9.78 Å². The van der Waals surface area contributed by atoms with Crippen molar-refractivity contribution in [2.24, 2.45) is 45.7 Å². The number of nitrogens with one attached hydrogen (secondary N) is 13. The number of aliphatic hydroxyl groups excluding tert-OH is 3. The zero-order chi connectivity index (χ0) is 79.0. The molecule has 2 aromatic heterocycles. The fourth-order valence-electron chi connectivity index (χ4n) is 11.7. The summed E-state index contributed by atoms with van der Waals surface area (Å²) in [4.78, 5) is 197. The molecule has 25 N–H and O–H groups in total. The summed E-state index contributed by atoms with van der Waals surface area (Å²) in [6.07, 6.45) is 5.57. The van der Waals surface area contributed by atoms with Crippen LogP contribution in [0.15, 0.2) is 78.3 Å². The van der Waals surface area contributed by atoms with Crippen LogP contribution in [0.3, 0.4) is 0 Å². The number of para-hydroxylation sites is 1. The lowest BCUT2D eigenvalue weighted by Gasteiger charge is -2.30. The summed E-state index contributed by atoms with van der Waals surface area (Å²) in [5, 5.41) is 67.9. The molecular weight excluding hydrogens is 1390 g/mol. The summed E-state index contributed by atoms with van der Waals surface area (Å²) in [6, 6.07) is -1.75. The second-order valence-electron chi connectivity index (χ2n) is 27.0. The number of fused-ring (bicyclic) bond motifs is 1. The molecule has 37 nitrogen and oxygen atoms in total. The van der Waals surface area contributed by atoms with Crippen molar-refractivity contribution in [3.8, 4) is 0 Å². The number of nitrogens with two attached hydrogens (primary N) is 4. The number of imidazole rings is 1. The largest absolute Gasteiger partial charge is 0.480 e. The first-order chi connectivity index (χ1) is 50.9. The second-order valence-corrected chi connectivity index (χ2v) is 27.0. The van der Waals surface area contributed by atoms with Crippen molar-refractivity contribution in [3.05, 3.63) is 90.1 Å². The van der Waals surface area contributed by atoms with Crippen LogP contribution in [0, 0.1) is 17.8 Å². The molecule has 0 bridgehead atoms. The zero-order valence-corrected chi connectivity index (χ0v) is 61.1. The van der Waals surface area contributed by atoms with Gasteiger partial charge in [-0.1, -0.05) is 96.5 Å². The summed E-state index contributed by atoms with van der Waals surface area (Å²) in [5.74, 6) is -14.1. The third kappa shape index (κ3) is 27.0. The number of carboxylic acids is 1. The van der Waals surface area contributed by atoms with E-state index in [1.165, 1.54) is 31.3 Å². The van der Waals surface area contributed by atoms with Crippen molar-refractivity contribution in [2.45, 2.75) is 185 Å². The van der Waals surface area contributed by atoms with E-state index in [4.69, 9.17) is 22.9 Å². The molecule has 0 unspecified atom stereocenters. The number of H-pyrrole nitrogens is 2. The van der Waals surface area contributed by atoms with Crippen molar-refractivity contribution in [1.82, 2.24) is 78.3 Å². The first kappa shape index (κ1) is 87.0. The zero-order valence-electron chi connectivity index (χ0n) is 61.1. The number of aromatic nitrogens is 3. The molecule has 1 aliphatic heterocycles. The standard InChI is InChI=1S/C70H106N20O17/c1-7-39(6)57(67(104)88-56(38(4)5)66(103)86-50(33-91)63(100)87-52(35-93)69(106)107)89-64(101)51(34-92)85-62(99)49(29-42-31-75-36-79-42)84-60(97)47(27-40-17-9-8-10-18-40)83-59(96)46(22-15-25-76-70(73)74)81-61(98)48(28-41-30-77-44-20-12-11-19-43(41)44)80-54(94)32-78-58(95)45(21-13-14-24-71)82-65(102)53-23-16-26-90(53)68(105)55(72)37(2)3/h8-12,17-20,30-31,36-39,45-53,55-57,77,91-93H,7,13-16,21-29,32-35,71-72H2,1-6H3,(H,75,79)(H,78,95)(H,80,94)(H,81,98)(H,82,102)(H,83,96)(H,84,97)(H,85,99)(H,86,103)(H,87,100)(H,88,104)(H,89,101)(H,106,107)(H4,73,74,76)/t39-,45-,46-,47-,48-,49-,50-,51-,52-,53-,55-,56-,57-/m0/s1. The highest BCUT2D eigenvalue weighted by Gasteiger charge is 2.41. The van der Waals surface area contributed by atoms with Gasteiger partial charge in [-0.2, -0.15) is 0 Å². The molecule has 0 radical (unpaired) electrons. The van der Waals surface area contributed by atoms with Gasteiger partial charge in [0.2, 0.25) is 70.9 Å². The number of carboxylic acid groups (broad SMARTS) is 1. The fourth-order valence-corrected chi connectivity index (χ4v) is 11.7. The van der Waals surface area contributed by atoms with Gasteiger partial charge in [0.1, 0.15) is 66.5 Å². The van der Waals surface area contributed by atoms with E-state index in [9.17, 15) is 78.0 Å². The Morgan fingerprint density at radius 2 is 1.12 bits per heavy atom. The van der Waals surface area contributed by atoms with Crippen molar-refractivity contribution in [2.75, 3.05) is 46.0 Å². The molecule has 0 saturated carbocycles. The molecule has 3 heterocycles. The Kier molecular flexibility index (Phi) is 35.6. The SMILES string of the molecule is CC[C@H](C)[C@H](NC(=O)[C@H](CO)NC(=O)[C@H](Cc1cnc[nH]1)NC(=O)[C@H](Cc1ccccc1)NC(=O)[C@H](CCCN=C(N)N)NC(=O)[C@H](Cc1c[nH]c2ccccc12)NC(=O)CNC(=O)[C@H](CCCCN)NC(=O)[C@@H]1CCCN1C(=O)[C@@H](N)C(C)C)C(=O)N[C@H](C(=O)N[C@@H](CO)C(=O)N[C@@H](CO)C(=O)O)C(C)C. The number of hydrogen-bond donors (Lipinski definition) is 21. The van der Waals surface area contributed by atoms with E-state index in [-0.39, 0.29) is 69.1 Å². The van der Waals surface area contributed by atoms with Crippen LogP contribution < -0.4 is 81.4 Å². The summed E-state index contributed by atoms with van der Waals surface area (Å²) >= 11 is 0. The number of aliphatic hydroxyl groups is 3. The Hall–Kier alpha value is -10.6. The average molecular weight is 1500 g/mol. The molecule has 12 amide bonds. The molecule has 1 fully saturated rings. The van der Waals surface area contributed by atoms with Crippen LogP contribution >= 0.6 is 0 Å². The van der Waals surface area contributed by atoms with Crippen LogP contribution in [0.4, 0.5) is 0 Å². The Balaban J connectivity index is 1.40. The van der Waals surface area contributed by atoms with E-state index < -0.39 is 188 Å². The van der Waals surface area contributed by atoms with Gasteiger partial charge in [0.15, 0.2) is 5.96 Å². The molecule has 0 spiro atoms. The average Bonchev–Trinajstić information content (AvgIpc) is 1.71. The number of carbonyl (C=O) groups is 13. The summed E-state index contributed by atoms with van der Waals surface area (Å²) in [7, 11) is 0. The number of amides is 12. The normalized spacial score (nSPS) is 16.1. The summed E-state index contributed by atoms with van der Waals surface area (Å²) in [6.45, 7) is 6.69. The van der Waals surface area contributed by atoms with Crippen LogP contribution in [0.25, 0.3) is 10.9 Å². The van der Waals surface area contributed by atoms with E-state index in [0.717, 1.165) is 0 Å². The number of nitrogens with zero attached hydrogens (tertiary/aromatic N) is 3. The molecule has 1 saturated heterocycles. The van der Waals surface area contributed by atoms with E-state index in [1.807, 2.05) is 5.32 Å². The van der Waals surface area contributed by atoms with Crippen LogP contribution in [0.1, 0.15) is 110 Å². The number of likely N-dealkylation sites (tertiary alicyclic amines) is 1. The number of benzene rings is 2. The Bertz CT molecular complexity index is 3670. The molecule has 588 valence electrons. The maximum absolute atomic E-state index is 15.0. The molecule has 0 aliphatic carbocycles. The van der Waals surface area contributed by atoms with Gasteiger partial charge in [0, 0.05) is 61.3 Å². The minimum absolute atomic E-state index is 0.0368. The number of aromatic amines is 2. The van der Waals surface area contributed by atoms with E-state index in [0.29, 0.717) is 60.8 Å². The third-order valence-electron chi connectivity index (χ3n) is 18.2. The first-order valence-corrected chi connectivity index (χ1v) is 35.7. The third-order valence-corrected chi connectivity index (χ3v) is 18.2. The summed E-state index contributed by atoms with van der Waals surface area (Å²) < 4.78 is 0. The second kappa shape index (κ2) is 43.7. The molecule has 107 heavy (non-hydrogen) atoms. The maximum Gasteiger partial charge on any atom is 0.328 e. The quantitative estimate of drug-likeness (QED) is 0.0112. The highest BCUT2D eigenvalue weighted by Crippen LogP contribution is 2.22. The van der Waals surface area contributed by atoms with Crippen molar-refractivity contribution < 1.29 is 82.8 Å². The lowest BCUT2D eigenvalue weighted by atomic mass is 9.96. The lowest BCUT2D eigenvalue weighted by Crippen LogP contribution is -2.62. The summed E-state index contributed by atoms with van der Waals surface area (Å²) in [5.41, 5.74) is 25.3. The van der Waals surface area contributed by atoms with Crippen molar-refractivity contribution in [3.63, 3.8) is 0 Å². The number of unbranched alkanes of at least 4 members (excludes halogenated alkanes) is 1. The molecule has 2 aromatic carbocycles.